The molecule has 94 valence electrons. The maximum atomic E-state index is 11.7. The molecule has 0 bridgehead atoms. The van der Waals surface area contributed by atoms with Gasteiger partial charge in [0.05, 0.1) is 0 Å². The van der Waals surface area contributed by atoms with Crippen molar-refractivity contribution in [1.29, 1.82) is 0 Å². The first-order valence-corrected chi connectivity index (χ1v) is 6.80. The highest BCUT2D eigenvalue weighted by atomic mass is 32.2. The first kappa shape index (κ1) is 12.1. The largest absolute Gasteiger partial charge is 0.475 e. The molecule has 0 saturated heterocycles. The van der Waals surface area contributed by atoms with Crippen molar-refractivity contribution in [3.8, 4) is 0 Å². The lowest BCUT2D eigenvalue weighted by atomic mass is 9.86. The third-order valence-electron chi connectivity index (χ3n) is 2.84. The van der Waals surface area contributed by atoms with Crippen LogP contribution in [0.1, 0.15) is 29.8 Å². The second-order valence-electron chi connectivity index (χ2n) is 4.07. The van der Waals surface area contributed by atoms with E-state index in [0.29, 0.717) is 12.5 Å². The zero-order valence-corrected chi connectivity index (χ0v) is 9.87. The Kier molecular flexibility index (Phi) is 3.21. The molecule has 1 aliphatic rings. The normalized spacial score (nSPS) is 16.7. The Bertz CT molecular complexity index is 515. The number of carboxylic acid groups (broad SMARTS) is 1. The Hall–Kier alpha value is -1.34. The fourth-order valence-corrected chi connectivity index (χ4v) is 2.62. The Balaban J connectivity index is 2.04. The van der Waals surface area contributed by atoms with Crippen molar-refractivity contribution in [3.05, 3.63) is 17.9 Å². The van der Waals surface area contributed by atoms with Gasteiger partial charge in [0.2, 0.25) is 10.9 Å². The van der Waals surface area contributed by atoms with Gasteiger partial charge in [0.25, 0.3) is 10.0 Å². The lowest BCUT2D eigenvalue weighted by Crippen LogP contribution is -2.32. The highest BCUT2D eigenvalue weighted by Crippen LogP contribution is 2.25. The summed E-state index contributed by atoms with van der Waals surface area (Å²) in [5.41, 5.74) is 0. The zero-order chi connectivity index (χ0) is 12.5. The minimum Gasteiger partial charge on any atom is -0.475 e. The number of carbonyl (C=O) groups is 1. The Morgan fingerprint density at radius 2 is 2.18 bits per heavy atom. The molecule has 0 spiro atoms. The van der Waals surface area contributed by atoms with Gasteiger partial charge in [0.1, 0.15) is 0 Å². The van der Waals surface area contributed by atoms with Gasteiger partial charge in [-0.25, -0.2) is 17.9 Å². The second kappa shape index (κ2) is 4.50. The Morgan fingerprint density at radius 3 is 2.65 bits per heavy atom. The molecule has 0 atom stereocenters. The summed E-state index contributed by atoms with van der Waals surface area (Å²) >= 11 is 0. The van der Waals surface area contributed by atoms with Gasteiger partial charge in [-0.15, -0.1) is 0 Å². The number of carboxylic acids is 1. The summed E-state index contributed by atoms with van der Waals surface area (Å²) in [5, 5.41) is 8.27. The minimum atomic E-state index is -3.72. The first-order chi connectivity index (χ1) is 7.99. The molecule has 2 rings (SSSR count). The van der Waals surface area contributed by atoms with Gasteiger partial charge in [-0.2, -0.15) is 0 Å². The standard InChI is InChI=1S/C10H13NO5S/c12-10(13)8-4-5-9(16-8)17(14,15)11-6-7-2-1-3-7/h4-5,7,11H,1-3,6H2,(H,12,13). The van der Waals surface area contributed by atoms with Crippen LogP contribution in [0.5, 0.6) is 0 Å². The summed E-state index contributed by atoms with van der Waals surface area (Å²) in [5.74, 6) is -1.28. The van der Waals surface area contributed by atoms with Crippen LogP contribution in [0.2, 0.25) is 0 Å². The van der Waals surface area contributed by atoms with E-state index in [2.05, 4.69) is 4.72 Å². The smallest absolute Gasteiger partial charge is 0.371 e. The van der Waals surface area contributed by atoms with Crippen LogP contribution in [0.25, 0.3) is 0 Å². The van der Waals surface area contributed by atoms with Crippen LogP contribution in [0, 0.1) is 5.92 Å². The molecule has 17 heavy (non-hydrogen) atoms. The SMILES string of the molecule is O=C(O)c1ccc(S(=O)(=O)NCC2CCC2)o1. The van der Waals surface area contributed by atoms with Crippen molar-refractivity contribution in [2.75, 3.05) is 6.54 Å². The van der Waals surface area contributed by atoms with E-state index in [-0.39, 0.29) is 10.9 Å². The van der Waals surface area contributed by atoms with Crippen molar-refractivity contribution in [1.82, 2.24) is 4.72 Å². The molecule has 7 heteroatoms. The van der Waals surface area contributed by atoms with Crippen molar-refractivity contribution in [2.45, 2.75) is 24.4 Å². The van der Waals surface area contributed by atoms with E-state index in [4.69, 9.17) is 9.52 Å². The predicted octanol–water partition coefficient (Wildman–Crippen LogP) is 1.06. The molecule has 0 aromatic carbocycles. The van der Waals surface area contributed by atoms with E-state index in [1.807, 2.05) is 0 Å². The van der Waals surface area contributed by atoms with Crippen LogP contribution in [-0.4, -0.2) is 26.0 Å². The van der Waals surface area contributed by atoms with Gasteiger partial charge in [-0.3, -0.25) is 0 Å². The van der Waals surface area contributed by atoms with E-state index in [0.717, 1.165) is 31.4 Å². The number of hydrogen-bond donors (Lipinski definition) is 2. The van der Waals surface area contributed by atoms with Crippen molar-refractivity contribution in [2.24, 2.45) is 5.92 Å². The van der Waals surface area contributed by atoms with E-state index in [1.54, 1.807) is 0 Å². The Morgan fingerprint density at radius 1 is 1.47 bits per heavy atom. The van der Waals surface area contributed by atoms with E-state index in [9.17, 15) is 13.2 Å². The van der Waals surface area contributed by atoms with Gasteiger partial charge in [0.15, 0.2) is 0 Å². The fraction of sp³-hybridized carbons (Fsp3) is 0.500. The summed E-state index contributed by atoms with van der Waals surface area (Å²) in [6.07, 6.45) is 3.19. The molecule has 0 unspecified atom stereocenters. The average molecular weight is 259 g/mol. The molecule has 1 aliphatic carbocycles. The van der Waals surface area contributed by atoms with E-state index >= 15 is 0 Å². The average Bonchev–Trinajstić information content (AvgIpc) is 2.63. The van der Waals surface area contributed by atoms with Crippen molar-refractivity contribution >= 4 is 16.0 Å². The van der Waals surface area contributed by atoms with E-state index < -0.39 is 16.0 Å². The molecule has 1 saturated carbocycles. The number of aromatic carboxylic acids is 1. The molecular formula is C10H13NO5S. The maximum absolute atomic E-state index is 11.7. The van der Waals surface area contributed by atoms with Gasteiger partial charge in [-0.05, 0) is 30.9 Å². The molecule has 0 amide bonds. The molecule has 1 aromatic rings. The van der Waals surface area contributed by atoms with Gasteiger partial charge in [-0.1, -0.05) is 6.42 Å². The quantitative estimate of drug-likeness (QED) is 0.824. The summed E-state index contributed by atoms with van der Waals surface area (Å²) in [7, 11) is -3.72. The van der Waals surface area contributed by atoms with Crippen molar-refractivity contribution in [3.63, 3.8) is 0 Å². The summed E-state index contributed by atoms with van der Waals surface area (Å²) in [4.78, 5) is 10.6. The fourth-order valence-electron chi connectivity index (χ4n) is 1.58. The molecule has 1 heterocycles. The monoisotopic (exact) mass is 259 g/mol. The van der Waals surface area contributed by atoms with Crippen molar-refractivity contribution < 1.29 is 22.7 Å². The summed E-state index contributed by atoms with van der Waals surface area (Å²) < 4.78 is 30.6. The summed E-state index contributed by atoms with van der Waals surface area (Å²) in [6.45, 7) is 0.380. The van der Waals surface area contributed by atoms with Gasteiger partial charge >= 0.3 is 5.97 Å². The lowest BCUT2D eigenvalue weighted by Gasteiger charge is -2.24. The molecule has 0 radical (unpaired) electrons. The van der Waals surface area contributed by atoms with Crippen LogP contribution < -0.4 is 4.72 Å². The number of hydrogen-bond acceptors (Lipinski definition) is 4. The zero-order valence-electron chi connectivity index (χ0n) is 9.05. The number of furan rings is 1. The van der Waals surface area contributed by atoms with Crippen LogP contribution in [-0.2, 0) is 10.0 Å². The van der Waals surface area contributed by atoms with E-state index in [1.165, 1.54) is 0 Å². The van der Waals surface area contributed by atoms with Gasteiger partial charge < -0.3 is 9.52 Å². The maximum Gasteiger partial charge on any atom is 0.371 e. The number of rotatable bonds is 5. The van der Waals surface area contributed by atoms with Crippen LogP contribution in [0.3, 0.4) is 0 Å². The van der Waals surface area contributed by atoms with Crippen LogP contribution in [0.15, 0.2) is 21.6 Å². The topological polar surface area (TPSA) is 96.6 Å². The molecule has 0 aliphatic heterocycles. The third-order valence-corrected chi connectivity index (χ3v) is 4.14. The van der Waals surface area contributed by atoms with Crippen LogP contribution >= 0.6 is 0 Å². The molecular weight excluding hydrogens is 246 g/mol. The molecule has 1 fully saturated rings. The first-order valence-electron chi connectivity index (χ1n) is 5.32. The lowest BCUT2D eigenvalue weighted by molar-refractivity contribution is 0.0656. The molecule has 6 nitrogen and oxygen atoms in total. The third kappa shape index (κ3) is 2.67. The molecule has 1 aromatic heterocycles. The number of sulfonamides is 1. The predicted molar refractivity (Wildman–Crippen MR) is 58.2 cm³/mol. The second-order valence-corrected chi connectivity index (χ2v) is 5.77. The highest BCUT2D eigenvalue weighted by molar-refractivity contribution is 7.89. The van der Waals surface area contributed by atoms with Crippen LogP contribution in [0.4, 0.5) is 0 Å². The minimum absolute atomic E-state index is 0.353. The molecule has 2 N–H and O–H groups in total. The summed E-state index contributed by atoms with van der Waals surface area (Å²) in [6, 6.07) is 2.27. The number of nitrogens with one attached hydrogen (secondary N) is 1. The Labute approximate surface area is 98.7 Å². The van der Waals surface area contributed by atoms with Gasteiger partial charge in [0, 0.05) is 6.54 Å². The highest BCUT2D eigenvalue weighted by Gasteiger charge is 2.24.